The summed E-state index contributed by atoms with van der Waals surface area (Å²) in [6.45, 7) is 3.33. The minimum absolute atomic E-state index is 0.0569. The molecule has 0 saturated heterocycles. The van der Waals surface area contributed by atoms with Crippen LogP contribution in [-0.4, -0.2) is 17.3 Å². The standard InChI is InChI=1S/C17H14O3S2/c1-3-16(18)20-13-6-4-12(5-7-13)17(19)22-15-10-8-14(21-2)9-11-15/h3-11H,1H2,2H3. The summed E-state index contributed by atoms with van der Waals surface area (Å²) >= 11 is 2.83. The van der Waals surface area contributed by atoms with E-state index in [0.29, 0.717) is 11.3 Å². The first-order valence-corrected chi connectivity index (χ1v) is 8.47. The van der Waals surface area contributed by atoms with E-state index in [4.69, 9.17) is 4.74 Å². The van der Waals surface area contributed by atoms with Gasteiger partial charge in [-0.3, -0.25) is 4.79 Å². The molecule has 0 aliphatic heterocycles. The largest absolute Gasteiger partial charge is 0.423 e. The van der Waals surface area contributed by atoms with Crippen LogP contribution < -0.4 is 4.74 Å². The van der Waals surface area contributed by atoms with Crippen LogP contribution in [0.1, 0.15) is 10.4 Å². The second-order valence-corrected chi connectivity index (χ2v) is 6.14. The summed E-state index contributed by atoms with van der Waals surface area (Å²) in [7, 11) is 0. The van der Waals surface area contributed by atoms with Crippen molar-refractivity contribution in [2.24, 2.45) is 0 Å². The Morgan fingerprint density at radius 2 is 1.59 bits per heavy atom. The van der Waals surface area contributed by atoms with Gasteiger partial charge in [-0.05, 0) is 66.5 Å². The minimum Gasteiger partial charge on any atom is -0.423 e. The van der Waals surface area contributed by atoms with Crippen LogP contribution in [-0.2, 0) is 4.79 Å². The molecule has 0 amide bonds. The SMILES string of the molecule is C=CC(=O)Oc1ccc(C(=O)Sc2ccc(SC)cc2)cc1. The maximum atomic E-state index is 12.2. The fraction of sp³-hybridized carbons (Fsp3) is 0.0588. The van der Waals surface area contributed by atoms with Crippen molar-refractivity contribution in [3.63, 3.8) is 0 Å². The van der Waals surface area contributed by atoms with E-state index in [1.165, 1.54) is 11.8 Å². The molecule has 0 radical (unpaired) electrons. The zero-order valence-corrected chi connectivity index (χ0v) is 13.6. The highest BCUT2D eigenvalue weighted by Crippen LogP contribution is 2.26. The van der Waals surface area contributed by atoms with E-state index in [1.807, 2.05) is 30.5 Å². The lowest BCUT2D eigenvalue weighted by atomic mass is 10.2. The smallest absolute Gasteiger partial charge is 0.335 e. The molecule has 0 fully saturated rings. The van der Waals surface area contributed by atoms with Crippen LogP contribution in [0, 0.1) is 0 Å². The number of benzene rings is 2. The van der Waals surface area contributed by atoms with Gasteiger partial charge in [-0.2, -0.15) is 0 Å². The summed E-state index contributed by atoms with van der Waals surface area (Å²) in [5.74, 6) is -0.141. The third-order valence-electron chi connectivity index (χ3n) is 2.75. The van der Waals surface area contributed by atoms with Crippen molar-refractivity contribution in [3.05, 3.63) is 66.7 Å². The molecule has 0 unspecified atom stereocenters. The number of hydrogen-bond acceptors (Lipinski definition) is 5. The van der Waals surface area contributed by atoms with Gasteiger partial charge in [-0.1, -0.05) is 6.58 Å². The minimum atomic E-state index is -0.526. The number of hydrogen-bond donors (Lipinski definition) is 0. The first kappa shape index (κ1) is 16.4. The second-order valence-electron chi connectivity index (χ2n) is 4.21. The maximum Gasteiger partial charge on any atom is 0.335 e. The van der Waals surface area contributed by atoms with Gasteiger partial charge in [-0.25, -0.2) is 4.79 Å². The molecule has 5 heteroatoms. The molecule has 0 atom stereocenters. The van der Waals surface area contributed by atoms with Crippen LogP contribution >= 0.6 is 23.5 Å². The first-order valence-electron chi connectivity index (χ1n) is 6.43. The zero-order chi connectivity index (χ0) is 15.9. The van der Waals surface area contributed by atoms with Crippen molar-refractivity contribution in [3.8, 4) is 5.75 Å². The Kier molecular flexibility index (Phi) is 5.86. The molecule has 0 heterocycles. The molecule has 0 saturated carbocycles. The van der Waals surface area contributed by atoms with Crippen molar-refractivity contribution < 1.29 is 14.3 Å². The van der Waals surface area contributed by atoms with E-state index in [9.17, 15) is 9.59 Å². The summed E-state index contributed by atoms with van der Waals surface area (Å²) in [5, 5.41) is -0.0569. The van der Waals surface area contributed by atoms with Crippen LogP contribution in [0.25, 0.3) is 0 Å². The number of thioether (sulfide) groups is 2. The average molecular weight is 330 g/mol. The van der Waals surface area contributed by atoms with Crippen LogP contribution in [0.2, 0.25) is 0 Å². The summed E-state index contributed by atoms with van der Waals surface area (Å²) in [6, 6.07) is 14.3. The van der Waals surface area contributed by atoms with Gasteiger partial charge < -0.3 is 4.74 Å². The van der Waals surface area contributed by atoms with Crippen molar-refractivity contribution in [2.45, 2.75) is 9.79 Å². The normalized spacial score (nSPS) is 10.0. The molecule has 0 aromatic heterocycles. The molecule has 0 spiro atoms. The van der Waals surface area contributed by atoms with E-state index in [2.05, 4.69) is 6.58 Å². The molecule has 3 nitrogen and oxygen atoms in total. The Balaban J connectivity index is 2.02. The number of carbonyl (C=O) groups is 2. The van der Waals surface area contributed by atoms with E-state index < -0.39 is 5.97 Å². The zero-order valence-electron chi connectivity index (χ0n) is 11.9. The molecule has 0 aliphatic rings. The van der Waals surface area contributed by atoms with Crippen LogP contribution in [0.3, 0.4) is 0 Å². The van der Waals surface area contributed by atoms with Crippen molar-refractivity contribution >= 4 is 34.6 Å². The lowest BCUT2D eigenvalue weighted by Crippen LogP contribution is -2.03. The molecule has 2 aromatic carbocycles. The molecule has 2 rings (SSSR count). The van der Waals surface area contributed by atoms with Crippen LogP contribution in [0.5, 0.6) is 5.75 Å². The van der Waals surface area contributed by atoms with Gasteiger partial charge in [0, 0.05) is 21.4 Å². The summed E-state index contributed by atoms with van der Waals surface area (Å²) in [5.41, 5.74) is 0.553. The van der Waals surface area contributed by atoms with E-state index in [-0.39, 0.29) is 5.12 Å². The fourth-order valence-electron chi connectivity index (χ4n) is 1.63. The Bertz CT molecular complexity index is 676. The van der Waals surface area contributed by atoms with Crippen LogP contribution in [0.4, 0.5) is 0 Å². The molecule has 2 aromatic rings. The Morgan fingerprint density at radius 1 is 1.00 bits per heavy atom. The van der Waals surface area contributed by atoms with Gasteiger partial charge in [0.25, 0.3) is 0 Å². The summed E-state index contributed by atoms with van der Waals surface area (Å²) < 4.78 is 4.96. The third-order valence-corrected chi connectivity index (χ3v) is 4.42. The van der Waals surface area contributed by atoms with Gasteiger partial charge in [0.05, 0.1) is 0 Å². The molecular weight excluding hydrogens is 316 g/mol. The predicted molar refractivity (Wildman–Crippen MR) is 90.7 cm³/mol. The van der Waals surface area contributed by atoms with Crippen molar-refractivity contribution in [1.82, 2.24) is 0 Å². The molecule has 0 N–H and O–H groups in total. The van der Waals surface area contributed by atoms with Gasteiger partial charge in [0.15, 0.2) is 0 Å². The first-order chi connectivity index (χ1) is 10.6. The van der Waals surface area contributed by atoms with E-state index in [0.717, 1.165) is 15.9 Å². The predicted octanol–water partition coefficient (Wildman–Crippen LogP) is 4.43. The highest BCUT2D eigenvalue weighted by Gasteiger charge is 2.09. The molecular formula is C17H14O3S2. The monoisotopic (exact) mass is 330 g/mol. The van der Waals surface area contributed by atoms with Gasteiger partial charge >= 0.3 is 5.97 Å². The lowest BCUT2D eigenvalue weighted by Gasteiger charge is -2.04. The van der Waals surface area contributed by atoms with E-state index in [1.54, 1.807) is 36.0 Å². The van der Waals surface area contributed by atoms with Crippen molar-refractivity contribution in [1.29, 1.82) is 0 Å². The molecule has 22 heavy (non-hydrogen) atoms. The Hall–Kier alpha value is -1.98. The second kappa shape index (κ2) is 7.87. The molecule has 0 aliphatic carbocycles. The van der Waals surface area contributed by atoms with Gasteiger partial charge in [-0.15, -0.1) is 11.8 Å². The van der Waals surface area contributed by atoms with E-state index >= 15 is 0 Å². The quantitative estimate of drug-likeness (QED) is 0.351. The number of carbonyl (C=O) groups excluding carboxylic acids is 2. The van der Waals surface area contributed by atoms with Crippen LogP contribution in [0.15, 0.2) is 71.0 Å². The number of rotatable bonds is 5. The molecule has 112 valence electrons. The summed E-state index contributed by atoms with van der Waals surface area (Å²) in [6.07, 6.45) is 3.10. The highest BCUT2D eigenvalue weighted by atomic mass is 32.2. The Morgan fingerprint density at radius 3 is 2.14 bits per heavy atom. The lowest BCUT2D eigenvalue weighted by molar-refractivity contribution is -0.128. The summed E-state index contributed by atoms with van der Waals surface area (Å²) in [4.78, 5) is 25.3. The van der Waals surface area contributed by atoms with Crippen molar-refractivity contribution in [2.75, 3.05) is 6.26 Å². The maximum absolute atomic E-state index is 12.2. The fourth-order valence-corrected chi connectivity index (χ4v) is 2.78. The highest BCUT2D eigenvalue weighted by molar-refractivity contribution is 8.14. The Labute approximate surface area is 137 Å². The van der Waals surface area contributed by atoms with Gasteiger partial charge in [0.2, 0.25) is 5.12 Å². The molecule has 0 bridgehead atoms. The topological polar surface area (TPSA) is 43.4 Å². The number of esters is 1. The average Bonchev–Trinajstić information content (AvgIpc) is 2.56. The number of ether oxygens (including phenoxy) is 1. The van der Waals surface area contributed by atoms with Gasteiger partial charge in [0.1, 0.15) is 5.75 Å². The third kappa shape index (κ3) is 4.51.